The van der Waals surface area contributed by atoms with Crippen molar-refractivity contribution in [1.29, 1.82) is 0 Å². The number of hydrogen-bond donors (Lipinski definition) is 1. The van der Waals surface area contributed by atoms with Crippen molar-refractivity contribution in [2.24, 2.45) is 0 Å². The van der Waals surface area contributed by atoms with E-state index in [1.54, 1.807) is 26.7 Å². The van der Waals surface area contributed by atoms with Crippen LogP contribution in [0.3, 0.4) is 0 Å². The Morgan fingerprint density at radius 2 is 2.09 bits per heavy atom. The summed E-state index contributed by atoms with van der Waals surface area (Å²) < 4.78 is 1.76. The molecule has 1 saturated heterocycles. The van der Waals surface area contributed by atoms with Gasteiger partial charge in [0, 0.05) is 31.7 Å². The Bertz CT molecular complexity index is 550. The van der Waals surface area contributed by atoms with Crippen molar-refractivity contribution in [1.82, 2.24) is 19.6 Å². The second kappa shape index (κ2) is 7.48. The molecule has 0 spiro atoms. The fraction of sp³-hybridized carbons (Fsp3) is 0.688. The van der Waals surface area contributed by atoms with Crippen molar-refractivity contribution < 1.29 is 9.59 Å². The highest BCUT2D eigenvalue weighted by Crippen LogP contribution is 2.21. The molecule has 1 fully saturated rings. The number of likely N-dealkylation sites (tertiary alicyclic amines) is 1. The van der Waals surface area contributed by atoms with Gasteiger partial charge >= 0.3 is 6.03 Å². The highest BCUT2D eigenvalue weighted by Gasteiger charge is 2.36. The zero-order chi connectivity index (χ0) is 17.0. The molecule has 2 heterocycles. The molecule has 7 nitrogen and oxygen atoms in total. The first-order chi connectivity index (χ1) is 11.0. The van der Waals surface area contributed by atoms with E-state index in [0.717, 1.165) is 12.8 Å². The molecule has 128 valence electrons. The van der Waals surface area contributed by atoms with E-state index in [4.69, 9.17) is 0 Å². The second-order valence-corrected chi connectivity index (χ2v) is 6.05. The van der Waals surface area contributed by atoms with Gasteiger partial charge in [-0.3, -0.25) is 10.1 Å². The molecule has 1 aliphatic heterocycles. The number of carbonyl (C=O) groups is 2. The first kappa shape index (κ1) is 17.3. The molecule has 0 aromatic carbocycles. The van der Waals surface area contributed by atoms with Crippen molar-refractivity contribution in [3.05, 3.63) is 12.3 Å². The van der Waals surface area contributed by atoms with Crippen LogP contribution >= 0.6 is 0 Å². The van der Waals surface area contributed by atoms with Crippen molar-refractivity contribution in [2.75, 3.05) is 25.0 Å². The number of hydrogen-bond acceptors (Lipinski definition) is 3. The number of nitrogens with one attached hydrogen (secondary N) is 1. The van der Waals surface area contributed by atoms with Crippen LogP contribution in [0.5, 0.6) is 0 Å². The molecule has 1 atom stereocenters. The third kappa shape index (κ3) is 3.65. The predicted octanol–water partition coefficient (Wildman–Crippen LogP) is 2.33. The topological polar surface area (TPSA) is 70.5 Å². The van der Waals surface area contributed by atoms with Crippen LogP contribution in [0.15, 0.2) is 12.3 Å². The highest BCUT2D eigenvalue weighted by molar-refractivity contribution is 5.93. The average Bonchev–Trinajstić information content (AvgIpc) is 3.16. The lowest BCUT2D eigenvalue weighted by Gasteiger charge is -2.29. The smallest absolute Gasteiger partial charge is 0.323 e. The molecule has 1 aromatic rings. The summed E-state index contributed by atoms with van der Waals surface area (Å²) in [5.74, 6) is 0.700. The van der Waals surface area contributed by atoms with E-state index in [-0.39, 0.29) is 24.0 Å². The third-order valence-corrected chi connectivity index (χ3v) is 4.27. The average molecular weight is 321 g/mol. The number of aromatic nitrogens is 2. The monoisotopic (exact) mass is 321 g/mol. The minimum Gasteiger partial charge on any atom is -0.341 e. The van der Waals surface area contributed by atoms with Crippen LogP contribution in [0.1, 0.15) is 46.6 Å². The number of urea groups is 1. The minimum atomic E-state index is -0.356. The maximum atomic E-state index is 12.6. The summed E-state index contributed by atoms with van der Waals surface area (Å²) in [5.41, 5.74) is 0. The Balaban J connectivity index is 2.09. The van der Waals surface area contributed by atoms with Gasteiger partial charge in [-0.2, -0.15) is 5.10 Å². The normalized spacial score (nSPS) is 17.6. The zero-order valence-corrected chi connectivity index (χ0v) is 14.5. The molecule has 2 rings (SSSR count). The van der Waals surface area contributed by atoms with Crippen molar-refractivity contribution in [3.63, 3.8) is 0 Å². The van der Waals surface area contributed by atoms with Crippen LogP contribution < -0.4 is 5.32 Å². The maximum absolute atomic E-state index is 12.6. The molecule has 0 aliphatic carbocycles. The van der Waals surface area contributed by atoms with Gasteiger partial charge in [0.15, 0.2) is 0 Å². The molecular weight excluding hydrogens is 294 g/mol. The summed E-state index contributed by atoms with van der Waals surface area (Å²) in [5, 5.41) is 7.10. The van der Waals surface area contributed by atoms with Gasteiger partial charge in [-0.15, -0.1) is 0 Å². The van der Waals surface area contributed by atoms with Gasteiger partial charge in [-0.25, -0.2) is 9.48 Å². The van der Waals surface area contributed by atoms with E-state index in [9.17, 15) is 9.59 Å². The molecule has 7 heteroatoms. The Morgan fingerprint density at radius 3 is 2.70 bits per heavy atom. The number of amides is 3. The molecule has 1 aromatic heterocycles. The van der Waals surface area contributed by atoms with Gasteiger partial charge < -0.3 is 9.80 Å². The lowest BCUT2D eigenvalue weighted by molar-refractivity contribution is -0.134. The van der Waals surface area contributed by atoms with Crippen LogP contribution in [0.2, 0.25) is 0 Å². The van der Waals surface area contributed by atoms with Gasteiger partial charge in [0.25, 0.3) is 0 Å². The number of rotatable bonds is 5. The Hall–Kier alpha value is -2.05. The van der Waals surface area contributed by atoms with Crippen molar-refractivity contribution >= 4 is 17.8 Å². The van der Waals surface area contributed by atoms with Gasteiger partial charge in [-0.1, -0.05) is 0 Å². The molecule has 1 aliphatic rings. The van der Waals surface area contributed by atoms with Crippen LogP contribution in [0.4, 0.5) is 10.6 Å². The lowest BCUT2D eigenvalue weighted by Crippen LogP contribution is -2.49. The molecule has 23 heavy (non-hydrogen) atoms. The first-order valence-electron chi connectivity index (χ1n) is 8.39. The maximum Gasteiger partial charge on any atom is 0.323 e. The molecule has 0 saturated carbocycles. The Labute approximate surface area is 137 Å². The lowest BCUT2D eigenvalue weighted by atomic mass is 10.2. The highest BCUT2D eigenvalue weighted by atomic mass is 16.2. The minimum absolute atomic E-state index is 0.0417. The van der Waals surface area contributed by atoms with Gasteiger partial charge in [0.1, 0.15) is 11.9 Å². The van der Waals surface area contributed by atoms with Crippen LogP contribution in [0, 0.1) is 0 Å². The summed E-state index contributed by atoms with van der Waals surface area (Å²) in [6, 6.07) is 1.35. The van der Waals surface area contributed by atoms with E-state index in [0.29, 0.717) is 25.5 Å². The van der Waals surface area contributed by atoms with E-state index in [1.165, 1.54) is 0 Å². The van der Waals surface area contributed by atoms with E-state index >= 15 is 0 Å². The van der Waals surface area contributed by atoms with Gasteiger partial charge in [0.05, 0.1) is 6.20 Å². The summed E-state index contributed by atoms with van der Waals surface area (Å²) >= 11 is 0. The second-order valence-electron chi connectivity index (χ2n) is 6.05. The molecule has 1 N–H and O–H groups in total. The van der Waals surface area contributed by atoms with E-state index in [1.807, 2.05) is 27.7 Å². The van der Waals surface area contributed by atoms with Crippen molar-refractivity contribution in [3.8, 4) is 0 Å². The molecule has 3 amide bonds. The van der Waals surface area contributed by atoms with Crippen molar-refractivity contribution in [2.45, 2.75) is 52.6 Å². The summed E-state index contributed by atoms with van der Waals surface area (Å²) in [6.07, 6.45) is 3.25. The van der Waals surface area contributed by atoms with Crippen LogP contribution in [-0.2, 0) is 4.79 Å². The fourth-order valence-corrected chi connectivity index (χ4v) is 3.02. The molecule has 0 radical (unpaired) electrons. The largest absolute Gasteiger partial charge is 0.341 e. The van der Waals surface area contributed by atoms with Gasteiger partial charge in [-0.05, 0) is 40.5 Å². The predicted molar refractivity (Wildman–Crippen MR) is 89.3 cm³/mol. The summed E-state index contributed by atoms with van der Waals surface area (Å²) in [7, 11) is 0. The standard InChI is InChI=1S/C16H27N5O2/c1-5-19(6-2)15(22)13-8-7-11-20(13)16(23)18-14-9-10-17-21(14)12(3)4/h9-10,12-13H,5-8,11H2,1-4H3,(H,18,23)/t13-/m0/s1. The SMILES string of the molecule is CCN(CC)C(=O)[C@@H]1CCCN1C(=O)Nc1ccnn1C(C)C. The fourth-order valence-electron chi connectivity index (χ4n) is 3.02. The quantitative estimate of drug-likeness (QED) is 0.905. The van der Waals surface area contributed by atoms with Gasteiger partial charge in [0.2, 0.25) is 5.91 Å². The summed E-state index contributed by atoms with van der Waals surface area (Å²) in [6.45, 7) is 9.88. The first-order valence-corrected chi connectivity index (χ1v) is 8.39. The number of nitrogens with zero attached hydrogens (tertiary/aromatic N) is 4. The van der Waals surface area contributed by atoms with E-state index < -0.39 is 0 Å². The zero-order valence-electron chi connectivity index (χ0n) is 14.5. The van der Waals surface area contributed by atoms with Crippen LogP contribution in [-0.4, -0.2) is 57.2 Å². The molecule has 0 bridgehead atoms. The summed E-state index contributed by atoms with van der Waals surface area (Å²) in [4.78, 5) is 28.6. The third-order valence-electron chi connectivity index (χ3n) is 4.27. The molecular formula is C16H27N5O2. The number of anilines is 1. The molecule has 0 unspecified atom stereocenters. The van der Waals surface area contributed by atoms with E-state index in [2.05, 4.69) is 10.4 Å². The number of carbonyl (C=O) groups excluding carboxylic acids is 2. The number of likely N-dealkylation sites (N-methyl/N-ethyl adjacent to an activating group) is 1. The Morgan fingerprint density at radius 1 is 1.39 bits per heavy atom. The van der Waals surface area contributed by atoms with Crippen LogP contribution in [0.25, 0.3) is 0 Å². The Kier molecular flexibility index (Phi) is 5.63.